The van der Waals surface area contributed by atoms with E-state index in [0.717, 1.165) is 13.0 Å². The maximum absolute atomic E-state index is 11.9. The Morgan fingerprint density at radius 1 is 1.47 bits per heavy atom. The number of carbonyl (C=O) groups excluding carboxylic acids is 1. The SMILES string of the molecule is CCCNC(C)(CSc1cccc(C)c1)C(=O)OC. The average molecular weight is 281 g/mol. The van der Waals surface area contributed by atoms with Crippen LogP contribution >= 0.6 is 11.8 Å². The molecular formula is C15H23NO2S. The van der Waals surface area contributed by atoms with Crippen molar-refractivity contribution in [3.05, 3.63) is 29.8 Å². The van der Waals surface area contributed by atoms with Crippen molar-refractivity contribution in [3.8, 4) is 0 Å². The Morgan fingerprint density at radius 3 is 2.79 bits per heavy atom. The van der Waals surface area contributed by atoms with Crippen LogP contribution in [0.2, 0.25) is 0 Å². The van der Waals surface area contributed by atoms with E-state index in [1.807, 2.05) is 13.0 Å². The fraction of sp³-hybridized carbons (Fsp3) is 0.533. The zero-order valence-electron chi connectivity index (χ0n) is 12.2. The molecule has 1 aromatic carbocycles. The van der Waals surface area contributed by atoms with Gasteiger partial charge in [0.25, 0.3) is 0 Å². The van der Waals surface area contributed by atoms with E-state index in [2.05, 4.69) is 37.4 Å². The van der Waals surface area contributed by atoms with E-state index in [-0.39, 0.29) is 5.97 Å². The van der Waals surface area contributed by atoms with Gasteiger partial charge in [-0.2, -0.15) is 0 Å². The van der Waals surface area contributed by atoms with Crippen LogP contribution in [0.3, 0.4) is 0 Å². The summed E-state index contributed by atoms with van der Waals surface area (Å²) < 4.78 is 4.91. The largest absolute Gasteiger partial charge is 0.468 e. The number of nitrogens with one attached hydrogen (secondary N) is 1. The highest BCUT2D eigenvalue weighted by molar-refractivity contribution is 7.99. The summed E-state index contributed by atoms with van der Waals surface area (Å²) in [5.74, 6) is 0.449. The first kappa shape index (κ1) is 16.1. The Labute approximate surface area is 120 Å². The van der Waals surface area contributed by atoms with Crippen molar-refractivity contribution in [3.63, 3.8) is 0 Å². The minimum absolute atomic E-state index is 0.207. The first-order valence-electron chi connectivity index (χ1n) is 6.54. The highest BCUT2D eigenvalue weighted by Gasteiger charge is 2.33. The van der Waals surface area contributed by atoms with Gasteiger partial charge in [0, 0.05) is 10.6 Å². The highest BCUT2D eigenvalue weighted by Crippen LogP contribution is 2.24. The lowest BCUT2D eigenvalue weighted by molar-refractivity contribution is -0.146. The van der Waals surface area contributed by atoms with Gasteiger partial charge < -0.3 is 10.1 Å². The third kappa shape index (κ3) is 4.88. The Bertz CT molecular complexity index is 422. The fourth-order valence-electron chi connectivity index (χ4n) is 1.74. The Morgan fingerprint density at radius 2 is 2.21 bits per heavy atom. The van der Waals surface area contributed by atoms with Crippen molar-refractivity contribution >= 4 is 17.7 Å². The second kappa shape index (κ2) is 7.56. The van der Waals surface area contributed by atoms with Crippen LogP contribution in [0.1, 0.15) is 25.8 Å². The molecule has 4 heteroatoms. The molecule has 0 radical (unpaired) electrons. The molecule has 0 spiro atoms. The van der Waals surface area contributed by atoms with Crippen LogP contribution in [0.4, 0.5) is 0 Å². The van der Waals surface area contributed by atoms with Crippen molar-refractivity contribution in [2.75, 3.05) is 19.4 Å². The lowest BCUT2D eigenvalue weighted by Crippen LogP contribution is -2.52. The van der Waals surface area contributed by atoms with Crippen LogP contribution in [0.15, 0.2) is 29.2 Å². The normalized spacial score (nSPS) is 13.9. The van der Waals surface area contributed by atoms with Gasteiger partial charge in [0.05, 0.1) is 7.11 Å². The summed E-state index contributed by atoms with van der Waals surface area (Å²) in [6, 6.07) is 8.29. The van der Waals surface area contributed by atoms with E-state index in [0.29, 0.717) is 5.75 Å². The molecule has 0 bridgehead atoms. The summed E-state index contributed by atoms with van der Waals surface area (Å²) in [5, 5.41) is 3.29. The lowest BCUT2D eigenvalue weighted by Gasteiger charge is -2.27. The Kier molecular flexibility index (Phi) is 6.38. The molecule has 1 rings (SSSR count). The third-order valence-electron chi connectivity index (χ3n) is 2.92. The van der Waals surface area contributed by atoms with Crippen molar-refractivity contribution in [1.82, 2.24) is 5.32 Å². The molecular weight excluding hydrogens is 258 g/mol. The lowest BCUT2D eigenvalue weighted by atomic mass is 10.1. The van der Waals surface area contributed by atoms with Gasteiger partial charge in [-0.05, 0) is 38.9 Å². The number of thioether (sulfide) groups is 1. The predicted octanol–water partition coefficient (Wildman–Crippen LogP) is 3.02. The van der Waals surface area contributed by atoms with E-state index < -0.39 is 5.54 Å². The number of ether oxygens (including phenoxy) is 1. The highest BCUT2D eigenvalue weighted by atomic mass is 32.2. The third-order valence-corrected chi connectivity index (χ3v) is 4.23. The number of hydrogen-bond donors (Lipinski definition) is 1. The van der Waals surface area contributed by atoms with Gasteiger partial charge in [0.2, 0.25) is 0 Å². The van der Waals surface area contributed by atoms with E-state index in [9.17, 15) is 4.79 Å². The topological polar surface area (TPSA) is 38.3 Å². The van der Waals surface area contributed by atoms with E-state index in [4.69, 9.17) is 4.74 Å². The van der Waals surface area contributed by atoms with Gasteiger partial charge in [-0.15, -0.1) is 11.8 Å². The monoisotopic (exact) mass is 281 g/mol. The zero-order chi connectivity index (χ0) is 14.3. The van der Waals surface area contributed by atoms with Gasteiger partial charge in [0.1, 0.15) is 5.54 Å². The molecule has 19 heavy (non-hydrogen) atoms. The standard InChI is InChI=1S/C15H23NO2S/c1-5-9-16-15(3,14(17)18-4)11-19-13-8-6-7-12(2)10-13/h6-8,10,16H,5,9,11H2,1-4H3. The molecule has 0 aromatic heterocycles. The van der Waals surface area contributed by atoms with Gasteiger partial charge in [0.15, 0.2) is 0 Å². The predicted molar refractivity (Wildman–Crippen MR) is 80.6 cm³/mol. The molecule has 1 atom stereocenters. The molecule has 0 aliphatic heterocycles. The van der Waals surface area contributed by atoms with Crippen molar-refractivity contribution in [2.45, 2.75) is 37.6 Å². The molecule has 3 nitrogen and oxygen atoms in total. The minimum atomic E-state index is -0.640. The maximum atomic E-state index is 11.9. The van der Waals surface area contributed by atoms with E-state index >= 15 is 0 Å². The molecule has 1 unspecified atom stereocenters. The number of hydrogen-bond acceptors (Lipinski definition) is 4. The molecule has 0 saturated heterocycles. The smallest absolute Gasteiger partial charge is 0.326 e. The summed E-state index contributed by atoms with van der Waals surface area (Å²) in [4.78, 5) is 13.1. The van der Waals surface area contributed by atoms with Crippen LogP contribution in [0.5, 0.6) is 0 Å². The molecule has 0 saturated carbocycles. The van der Waals surface area contributed by atoms with E-state index in [1.54, 1.807) is 11.8 Å². The van der Waals surface area contributed by atoms with Crippen molar-refractivity contribution < 1.29 is 9.53 Å². The number of rotatable bonds is 7. The van der Waals surface area contributed by atoms with Crippen LogP contribution < -0.4 is 5.32 Å². The van der Waals surface area contributed by atoms with Crippen LogP contribution in [-0.2, 0) is 9.53 Å². The maximum Gasteiger partial charge on any atom is 0.326 e. The molecule has 1 N–H and O–H groups in total. The van der Waals surface area contributed by atoms with Crippen molar-refractivity contribution in [2.24, 2.45) is 0 Å². The van der Waals surface area contributed by atoms with Crippen LogP contribution in [0, 0.1) is 6.92 Å². The number of carbonyl (C=O) groups is 1. The van der Waals surface area contributed by atoms with Crippen LogP contribution in [0.25, 0.3) is 0 Å². The Hall–Kier alpha value is -1.00. The number of benzene rings is 1. The minimum Gasteiger partial charge on any atom is -0.468 e. The van der Waals surface area contributed by atoms with Gasteiger partial charge in [-0.25, -0.2) is 0 Å². The van der Waals surface area contributed by atoms with E-state index in [1.165, 1.54) is 17.6 Å². The molecule has 1 aromatic rings. The Balaban J connectivity index is 2.70. The average Bonchev–Trinajstić information content (AvgIpc) is 2.42. The molecule has 0 aliphatic carbocycles. The molecule has 0 aliphatic rings. The first-order valence-corrected chi connectivity index (χ1v) is 7.53. The summed E-state index contributed by atoms with van der Waals surface area (Å²) in [5.41, 5.74) is 0.588. The second-order valence-corrected chi connectivity index (χ2v) is 5.90. The number of esters is 1. The summed E-state index contributed by atoms with van der Waals surface area (Å²) in [7, 11) is 1.44. The van der Waals surface area contributed by atoms with Gasteiger partial charge in [-0.1, -0.05) is 24.6 Å². The summed E-state index contributed by atoms with van der Waals surface area (Å²) in [6.45, 7) is 6.86. The summed E-state index contributed by atoms with van der Waals surface area (Å²) >= 11 is 1.67. The quantitative estimate of drug-likeness (QED) is 0.616. The fourth-order valence-corrected chi connectivity index (χ4v) is 2.86. The van der Waals surface area contributed by atoms with Crippen LogP contribution in [-0.4, -0.2) is 30.9 Å². The number of methoxy groups -OCH3 is 1. The summed E-state index contributed by atoms with van der Waals surface area (Å²) in [6.07, 6.45) is 0.988. The zero-order valence-corrected chi connectivity index (χ0v) is 13.0. The first-order chi connectivity index (χ1) is 9.01. The molecule has 0 amide bonds. The van der Waals surface area contributed by atoms with Gasteiger partial charge >= 0.3 is 5.97 Å². The number of aryl methyl sites for hydroxylation is 1. The van der Waals surface area contributed by atoms with Crippen molar-refractivity contribution in [1.29, 1.82) is 0 Å². The molecule has 0 heterocycles. The van der Waals surface area contributed by atoms with Gasteiger partial charge in [-0.3, -0.25) is 4.79 Å². The molecule has 0 fully saturated rings. The second-order valence-electron chi connectivity index (χ2n) is 4.86. The molecule has 106 valence electrons.